The Morgan fingerprint density at radius 3 is 1.40 bits per heavy atom. The molecule has 0 spiro atoms. The molecule has 4 heteroatoms. The number of rotatable bonds is 4. The Morgan fingerprint density at radius 1 is 0.600 bits per heavy atom. The number of aryl methyl sites for hydroxylation is 2. The molecule has 0 N–H and O–H groups in total. The fourth-order valence-corrected chi connectivity index (χ4v) is 3.15. The predicted octanol–water partition coefficient (Wildman–Crippen LogP) is 4.06. The molecule has 2 aliphatic rings. The molecule has 2 aliphatic heterocycles. The lowest BCUT2D eigenvalue weighted by Crippen LogP contribution is -2.35. The van der Waals surface area contributed by atoms with E-state index in [1.807, 2.05) is 0 Å². The second kappa shape index (κ2) is 6.55. The number of benzene rings is 2. The maximum Gasteiger partial charge on any atom is 0.0958 e. The second-order valence-electron chi connectivity index (χ2n) is 6.81. The van der Waals surface area contributed by atoms with Crippen LogP contribution in [-0.2, 0) is 0 Å². The summed E-state index contributed by atoms with van der Waals surface area (Å²) >= 11 is 0. The van der Waals surface area contributed by atoms with Gasteiger partial charge in [0.05, 0.1) is 20.0 Å². The first kappa shape index (κ1) is 15.6. The van der Waals surface area contributed by atoms with Crippen LogP contribution >= 0.6 is 0 Å². The molecule has 128 valence electrons. The van der Waals surface area contributed by atoms with E-state index in [2.05, 4.69) is 107 Å². The summed E-state index contributed by atoms with van der Waals surface area (Å²) in [7, 11) is 0. The van der Waals surface area contributed by atoms with Gasteiger partial charge in [-0.25, -0.2) is 0 Å². The maximum atomic E-state index is 2.32. The van der Waals surface area contributed by atoms with Gasteiger partial charge < -0.3 is 19.6 Å². The molecule has 0 radical (unpaired) electrons. The van der Waals surface area contributed by atoms with Gasteiger partial charge in [0.2, 0.25) is 0 Å². The van der Waals surface area contributed by atoms with Crippen molar-refractivity contribution in [2.75, 3.05) is 29.8 Å². The van der Waals surface area contributed by atoms with E-state index in [-0.39, 0.29) is 0 Å². The van der Waals surface area contributed by atoms with E-state index in [1.165, 1.54) is 22.5 Å². The highest BCUT2D eigenvalue weighted by Crippen LogP contribution is 2.22. The Labute approximate surface area is 149 Å². The first-order chi connectivity index (χ1) is 12.2. The smallest absolute Gasteiger partial charge is 0.0958 e. The van der Waals surface area contributed by atoms with Crippen molar-refractivity contribution in [1.82, 2.24) is 9.80 Å². The minimum Gasteiger partial charge on any atom is -0.341 e. The van der Waals surface area contributed by atoms with E-state index >= 15 is 0 Å². The largest absolute Gasteiger partial charge is 0.341 e. The quantitative estimate of drug-likeness (QED) is 0.837. The monoisotopic (exact) mass is 332 g/mol. The lowest BCUT2D eigenvalue weighted by molar-refractivity contribution is 0.250. The van der Waals surface area contributed by atoms with E-state index in [0.717, 1.165) is 20.0 Å². The van der Waals surface area contributed by atoms with Crippen LogP contribution in [0.1, 0.15) is 11.1 Å². The van der Waals surface area contributed by atoms with Crippen LogP contribution in [0.15, 0.2) is 73.3 Å². The minimum absolute atomic E-state index is 0.887. The molecule has 2 aromatic rings. The van der Waals surface area contributed by atoms with E-state index in [1.54, 1.807) is 0 Å². The van der Waals surface area contributed by atoms with Gasteiger partial charge in [-0.3, -0.25) is 0 Å². The Balaban J connectivity index is 1.32. The van der Waals surface area contributed by atoms with Gasteiger partial charge >= 0.3 is 0 Å². The topological polar surface area (TPSA) is 13.0 Å². The van der Waals surface area contributed by atoms with E-state index in [9.17, 15) is 0 Å². The van der Waals surface area contributed by atoms with Crippen LogP contribution in [0.3, 0.4) is 0 Å². The molecule has 0 fully saturated rings. The molecule has 0 bridgehead atoms. The maximum absolute atomic E-state index is 2.32. The molecule has 4 nitrogen and oxygen atoms in total. The van der Waals surface area contributed by atoms with Gasteiger partial charge in [0.15, 0.2) is 0 Å². The van der Waals surface area contributed by atoms with Gasteiger partial charge in [-0.15, -0.1) is 0 Å². The van der Waals surface area contributed by atoms with Crippen molar-refractivity contribution in [3.63, 3.8) is 0 Å². The Morgan fingerprint density at radius 2 is 1.00 bits per heavy atom. The van der Waals surface area contributed by atoms with E-state index < -0.39 is 0 Å². The third kappa shape index (κ3) is 3.48. The summed E-state index contributed by atoms with van der Waals surface area (Å²) < 4.78 is 0. The van der Waals surface area contributed by atoms with E-state index in [4.69, 9.17) is 0 Å². The second-order valence-corrected chi connectivity index (χ2v) is 6.81. The lowest BCUT2D eigenvalue weighted by Gasteiger charge is -2.27. The van der Waals surface area contributed by atoms with Crippen molar-refractivity contribution in [2.24, 2.45) is 0 Å². The zero-order chi connectivity index (χ0) is 17.2. The molecule has 0 atom stereocenters. The summed E-state index contributed by atoms with van der Waals surface area (Å²) in [6.45, 7) is 6.90. The SMILES string of the molecule is Cc1ccc(N2C=CN(CN3C=CN(c4ccc(C)cc4)C3)C2)cc1. The molecular weight excluding hydrogens is 308 g/mol. The fraction of sp³-hybridized carbons (Fsp3) is 0.238. The average molecular weight is 332 g/mol. The third-order valence-corrected chi connectivity index (χ3v) is 4.68. The average Bonchev–Trinajstić information content (AvgIpc) is 3.27. The van der Waals surface area contributed by atoms with E-state index in [0.29, 0.717) is 0 Å². The first-order valence-corrected chi connectivity index (χ1v) is 8.69. The highest BCUT2D eigenvalue weighted by atomic mass is 15.4. The van der Waals surface area contributed by atoms with Crippen LogP contribution in [0.5, 0.6) is 0 Å². The Kier molecular flexibility index (Phi) is 4.10. The van der Waals surface area contributed by atoms with Crippen molar-refractivity contribution in [1.29, 1.82) is 0 Å². The molecule has 4 rings (SSSR count). The Hall–Kier alpha value is -2.88. The standard InChI is InChI=1S/C21H24N4/c1-18-3-7-20(8-4-18)24-13-11-22(16-24)15-23-12-14-25(17-23)21-9-5-19(2)6-10-21/h3-14H,15-17H2,1-2H3. The van der Waals surface area contributed by atoms with Gasteiger partial charge in [0.25, 0.3) is 0 Å². The summed E-state index contributed by atoms with van der Waals surface area (Å²) in [5, 5.41) is 0. The van der Waals surface area contributed by atoms with Gasteiger partial charge in [-0.2, -0.15) is 0 Å². The van der Waals surface area contributed by atoms with Crippen LogP contribution in [-0.4, -0.2) is 29.8 Å². The highest BCUT2D eigenvalue weighted by molar-refractivity contribution is 5.52. The van der Waals surface area contributed by atoms with Crippen LogP contribution < -0.4 is 9.80 Å². The molecule has 2 aromatic carbocycles. The number of hydrogen-bond donors (Lipinski definition) is 0. The first-order valence-electron chi connectivity index (χ1n) is 8.69. The molecule has 0 saturated heterocycles. The van der Waals surface area contributed by atoms with Crippen molar-refractivity contribution < 1.29 is 0 Å². The van der Waals surface area contributed by atoms with Gasteiger partial charge in [0.1, 0.15) is 0 Å². The molecule has 0 aromatic heterocycles. The van der Waals surface area contributed by atoms with Crippen molar-refractivity contribution in [3.05, 3.63) is 84.5 Å². The normalized spacial score (nSPS) is 16.4. The summed E-state index contributed by atoms with van der Waals surface area (Å²) in [6, 6.07) is 17.4. The van der Waals surface area contributed by atoms with Crippen LogP contribution in [0.25, 0.3) is 0 Å². The van der Waals surface area contributed by atoms with Crippen LogP contribution in [0.2, 0.25) is 0 Å². The number of hydrogen-bond acceptors (Lipinski definition) is 4. The number of nitrogens with zero attached hydrogens (tertiary/aromatic N) is 4. The van der Waals surface area contributed by atoms with Crippen molar-refractivity contribution in [3.8, 4) is 0 Å². The minimum atomic E-state index is 0.887. The zero-order valence-corrected chi connectivity index (χ0v) is 14.8. The van der Waals surface area contributed by atoms with Crippen LogP contribution in [0, 0.1) is 13.8 Å². The summed E-state index contributed by atoms with van der Waals surface area (Å²) in [4.78, 5) is 9.19. The fourth-order valence-electron chi connectivity index (χ4n) is 3.15. The molecule has 0 saturated carbocycles. The third-order valence-electron chi connectivity index (χ3n) is 4.68. The van der Waals surface area contributed by atoms with Gasteiger partial charge in [-0.1, -0.05) is 35.4 Å². The highest BCUT2D eigenvalue weighted by Gasteiger charge is 2.19. The molecule has 0 unspecified atom stereocenters. The summed E-state index contributed by atoms with van der Waals surface area (Å²) in [6.07, 6.45) is 8.65. The Bertz CT molecular complexity index is 709. The predicted molar refractivity (Wildman–Crippen MR) is 104 cm³/mol. The molecular formula is C21H24N4. The van der Waals surface area contributed by atoms with Gasteiger partial charge in [-0.05, 0) is 38.1 Å². The zero-order valence-electron chi connectivity index (χ0n) is 14.8. The summed E-state index contributed by atoms with van der Waals surface area (Å²) in [5.74, 6) is 0. The summed E-state index contributed by atoms with van der Waals surface area (Å²) in [5.41, 5.74) is 5.06. The molecule has 2 heterocycles. The van der Waals surface area contributed by atoms with Crippen molar-refractivity contribution >= 4 is 11.4 Å². The van der Waals surface area contributed by atoms with Crippen molar-refractivity contribution in [2.45, 2.75) is 13.8 Å². The number of anilines is 2. The lowest BCUT2D eigenvalue weighted by atomic mass is 10.2. The van der Waals surface area contributed by atoms with Gasteiger partial charge in [0, 0.05) is 36.2 Å². The van der Waals surface area contributed by atoms with Crippen LogP contribution in [0.4, 0.5) is 11.4 Å². The molecule has 0 amide bonds. The molecule has 0 aliphatic carbocycles. The molecule has 25 heavy (non-hydrogen) atoms.